The lowest BCUT2D eigenvalue weighted by atomic mass is 10.1. The van der Waals surface area contributed by atoms with Crippen LogP contribution in [-0.2, 0) is 0 Å². The van der Waals surface area contributed by atoms with Crippen molar-refractivity contribution in [2.24, 2.45) is 0 Å². The monoisotopic (exact) mass is 344 g/mol. The van der Waals surface area contributed by atoms with Crippen LogP contribution in [0.25, 0.3) is 0 Å². The topological polar surface area (TPSA) is 37.7 Å². The van der Waals surface area contributed by atoms with Crippen molar-refractivity contribution in [1.29, 1.82) is 0 Å². The third-order valence-corrected chi connectivity index (χ3v) is 3.76. The van der Waals surface area contributed by atoms with Gasteiger partial charge in [0.2, 0.25) is 0 Å². The first-order valence-corrected chi connectivity index (χ1v) is 8.63. The Bertz CT molecular complexity index is 629. The minimum Gasteiger partial charge on any atom is -0.494 e. The summed E-state index contributed by atoms with van der Waals surface area (Å²) in [5.41, 5.74) is 2.18. The number of nitrogens with one attached hydrogen (secondary N) is 3. The third kappa shape index (κ3) is 5.83. The van der Waals surface area contributed by atoms with Crippen molar-refractivity contribution < 1.29 is 9.64 Å². The molecule has 128 valence electrons. The van der Waals surface area contributed by atoms with Crippen LogP contribution >= 0.6 is 12.2 Å². The van der Waals surface area contributed by atoms with Gasteiger partial charge < -0.3 is 20.3 Å². The summed E-state index contributed by atoms with van der Waals surface area (Å²) in [7, 11) is 4.28. The molecule has 5 heteroatoms. The lowest BCUT2D eigenvalue weighted by Gasteiger charge is -2.22. The van der Waals surface area contributed by atoms with E-state index >= 15 is 0 Å². The van der Waals surface area contributed by atoms with Crippen LogP contribution in [0.5, 0.6) is 5.75 Å². The van der Waals surface area contributed by atoms with E-state index in [1.165, 1.54) is 10.5 Å². The Hall–Kier alpha value is -2.11. The minimum absolute atomic E-state index is 0.166. The van der Waals surface area contributed by atoms with Crippen molar-refractivity contribution in [3.63, 3.8) is 0 Å². The van der Waals surface area contributed by atoms with Gasteiger partial charge in [-0.1, -0.05) is 30.3 Å². The van der Waals surface area contributed by atoms with E-state index in [1.54, 1.807) is 0 Å². The summed E-state index contributed by atoms with van der Waals surface area (Å²) < 4.78 is 5.45. The first kappa shape index (κ1) is 18.2. The van der Waals surface area contributed by atoms with Crippen LogP contribution in [0.3, 0.4) is 0 Å². The summed E-state index contributed by atoms with van der Waals surface area (Å²) in [4.78, 5) is 1.36. The number of rotatable bonds is 7. The first-order chi connectivity index (χ1) is 11.6. The maximum absolute atomic E-state index is 5.49. The molecule has 0 aromatic heterocycles. The number of quaternary nitrogens is 1. The molecule has 0 saturated heterocycles. The Morgan fingerprint density at radius 2 is 1.75 bits per heavy atom. The van der Waals surface area contributed by atoms with Gasteiger partial charge in [0.05, 0.1) is 20.7 Å². The van der Waals surface area contributed by atoms with Crippen molar-refractivity contribution in [2.45, 2.75) is 13.0 Å². The number of hydrogen-bond acceptors (Lipinski definition) is 2. The van der Waals surface area contributed by atoms with Gasteiger partial charge in [0.15, 0.2) is 5.11 Å². The summed E-state index contributed by atoms with van der Waals surface area (Å²) >= 11 is 5.49. The van der Waals surface area contributed by atoms with Gasteiger partial charge >= 0.3 is 0 Å². The SMILES string of the molecule is CCOc1ccc(NC(=S)N[C@@H](C[NH+](C)C)c2ccccc2)cc1. The highest BCUT2D eigenvalue weighted by atomic mass is 32.1. The van der Waals surface area contributed by atoms with Crippen LogP contribution in [0, 0.1) is 0 Å². The van der Waals surface area contributed by atoms with Gasteiger partial charge in [0.1, 0.15) is 18.3 Å². The standard InChI is InChI=1S/C19H25N3OS/c1-4-23-17-12-10-16(11-13-17)20-19(24)21-18(14-22(2)3)15-8-6-5-7-9-15/h5-13,18H,4,14H2,1-3H3,(H2,20,21,24)/p+1/t18-/m0/s1. The Morgan fingerprint density at radius 3 is 2.33 bits per heavy atom. The predicted octanol–water partition coefficient (Wildman–Crippen LogP) is 2.26. The van der Waals surface area contributed by atoms with Gasteiger partial charge in [0, 0.05) is 5.69 Å². The molecule has 0 aliphatic carbocycles. The predicted molar refractivity (Wildman–Crippen MR) is 104 cm³/mol. The Kier molecular flexibility index (Phi) is 7.03. The van der Waals surface area contributed by atoms with Crippen molar-refractivity contribution in [3.05, 3.63) is 60.2 Å². The smallest absolute Gasteiger partial charge is 0.171 e. The van der Waals surface area contributed by atoms with Gasteiger partial charge in [-0.3, -0.25) is 0 Å². The Morgan fingerprint density at radius 1 is 1.08 bits per heavy atom. The highest BCUT2D eigenvalue weighted by Crippen LogP contribution is 2.16. The van der Waals surface area contributed by atoms with E-state index in [4.69, 9.17) is 17.0 Å². The molecule has 1 atom stereocenters. The molecule has 2 rings (SSSR count). The van der Waals surface area contributed by atoms with Gasteiger partial charge in [-0.2, -0.15) is 0 Å². The van der Waals surface area contributed by atoms with E-state index in [1.807, 2.05) is 37.3 Å². The Labute approximate surface area is 149 Å². The fraction of sp³-hybridized carbons (Fsp3) is 0.316. The van der Waals surface area contributed by atoms with Gasteiger partial charge in [-0.05, 0) is 49.0 Å². The van der Waals surface area contributed by atoms with E-state index in [0.717, 1.165) is 18.0 Å². The number of benzene rings is 2. The van der Waals surface area contributed by atoms with Gasteiger partial charge in [0.25, 0.3) is 0 Å². The molecule has 0 bridgehead atoms. The average molecular weight is 345 g/mol. The summed E-state index contributed by atoms with van der Waals surface area (Å²) in [5.74, 6) is 0.861. The second-order valence-corrected chi connectivity index (χ2v) is 6.34. The molecule has 24 heavy (non-hydrogen) atoms. The van der Waals surface area contributed by atoms with E-state index in [9.17, 15) is 0 Å². The molecule has 4 nitrogen and oxygen atoms in total. The molecule has 3 N–H and O–H groups in total. The third-order valence-electron chi connectivity index (χ3n) is 3.54. The molecule has 0 radical (unpaired) electrons. The number of likely N-dealkylation sites (N-methyl/N-ethyl adjacent to an activating group) is 1. The van der Waals surface area contributed by atoms with Crippen molar-refractivity contribution >= 4 is 23.0 Å². The molecule has 2 aromatic rings. The number of thiocarbonyl (C=S) groups is 1. The fourth-order valence-corrected chi connectivity index (χ4v) is 2.73. The number of anilines is 1. The fourth-order valence-electron chi connectivity index (χ4n) is 2.47. The quantitative estimate of drug-likeness (QED) is 0.674. The summed E-state index contributed by atoms with van der Waals surface area (Å²) in [5, 5.41) is 7.28. The molecular formula is C19H26N3OS+. The van der Waals surface area contributed by atoms with Gasteiger partial charge in [-0.15, -0.1) is 0 Å². The minimum atomic E-state index is 0.166. The van der Waals surface area contributed by atoms with Crippen LogP contribution in [0.1, 0.15) is 18.5 Å². The van der Waals surface area contributed by atoms with Crippen LogP contribution in [0.2, 0.25) is 0 Å². The summed E-state index contributed by atoms with van der Waals surface area (Å²) in [6.45, 7) is 3.58. The van der Waals surface area contributed by atoms with Gasteiger partial charge in [-0.25, -0.2) is 0 Å². The molecule has 0 heterocycles. The maximum Gasteiger partial charge on any atom is 0.171 e. The normalized spacial score (nSPS) is 11.8. The highest BCUT2D eigenvalue weighted by molar-refractivity contribution is 7.80. The van der Waals surface area contributed by atoms with Crippen LogP contribution in [0.4, 0.5) is 5.69 Å². The largest absolute Gasteiger partial charge is 0.494 e. The van der Waals surface area contributed by atoms with Crippen LogP contribution in [-0.4, -0.2) is 32.4 Å². The molecule has 0 saturated carbocycles. The van der Waals surface area contributed by atoms with Crippen LogP contribution < -0.4 is 20.3 Å². The first-order valence-electron chi connectivity index (χ1n) is 8.23. The zero-order valence-electron chi connectivity index (χ0n) is 14.5. The molecule has 0 aliphatic rings. The van der Waals surface area contributed by atoms with Crippen molar-refractivity contribution in [2.75, 3.05) is 32.6 Å². The molecule has 2 aromatic carbocycles. The second kappa shape index (κ2) is 9.25. The zero-order chi connectivity index (χ0) is 17.4. The highest BCUT2D eigenvalue weighted by Gasteiger charge is 2.15. The van der Waals surface area contributed by atoms with E-state index in [-0.39, 0.29) is 6.04 Å². The molecule has 0 fully saturated rings. The summed E-state index contributed by atoms with van der Waals surface area (Å²) in [6, 6.07) is 18.4. The van der Waals surface area contributed by atoms with Crippen molar-refractivity contribution in [1.82, 2.24) is 5.32 Å². The van der Waals surface area contributed by atoms with Crippen molar-refractivity contribution in [3.8, 4) is 5.75 Å². The Balaban J connectivity index is 1.99. The number of ether oxygens (including phenoxy) is 1. The summed E-state index contributed by atoms with van der Waals surface area (Å²) in [6.07, 6.45) is 0. The molecule has 0 aliphatic heterocycles. The molecule has 0 amide bonds. The van der Waals surface area contributed by atoms with Crippen LogP contribution in [0.15, 0.2) is 54.6 Å². The maximum atomic E-state index is 5.49. The van der Waals surface area contributed by atoms with E-state index < -0.39 is 0 Å². The molecular weight excluding hydrogens is 318 g/mol. The van der Waals surface area contributed by atoms with E-state index in [0.29, 0.717) is 11.7 Å². The second-order valence-electron chi connectivity index (χ2n) is 5.93. The number of hydrogen-bond donors (Lipinski definition) is 3. The molecule has 0 unspecified atom stereocenters. The zero-order valence-corrected chi connectivity index (χ0v) is 15.3. The lowest BCUT2D eigenvalue weighted by molar-refractivity contribution is -0.860. The van der Waals surface area contributed by atoms with E-state index in [2.05, 4.69) is 49.0 Å². The molecule has 0 spiro atoms. The average Bonchev–Trinajstić information content (AvgIpc) is 2.57. The lowest BCUT2D eigenvalue weighted by Crippen LogP contribution is -3.06.